The van der Waals surface area contributed by atoms with Gasteiger partial charge in [-0.05, 0) is 57.2 Å². The lowest BCUT2D eigenvalue weighted by molar-refractivity contribution is 0.249. The van der Waals surface area contributed by atoms with Crippen molar-refractivity contribution in [3.05, 3.63) is 41.9 Å². The van der Waals surface area contributed by atoms with E-state index >= 15 is 4.39 Å². The topological polar surface area (TPSA) is 104 Å². The highest BCUT2D eigenvalue weighted by molar-refractivity contribution is 7.90. The highest BCUT2D eigenvalue weighted by Gasteiger charge is 2.25. The molecule has 12 heteroatoms. The lowest BCUT2D eigenvalue weighted by atomic mass is 9.96. The first-order valence-electron chi connectivity index (χ1n) is 13.2. The minimum atomic E-state index is -3.52. The van der Waals surface area contributed by atoms with Crippen molar-refractivity contribution in [1.29, 1.82) is 0 Å². The highest BCUT2D eigenvalue weighted by Crippen LogP contribution is 2.30. The summed E-state index contributed by atoms with van der Waals surface area (Å²) in [6.45, 7) is 6.93. The number of sulfone groups is 1. The molecule has 0 aliphatic carbocycles. The standard InChI is InChI=1S/C26H33F2N7O2S/c1-2-13-38(36,37)16-19-5-6-20(27)23(22(19)28)32-25-24-21(30-17-31-25)14-29-26(33-24)35-11-7-18(8-12-35)15-34-9-3-4-10-34/h5-6,14,17-18H,2-4,7-13,15-16H2,1H3,(H,30,31,32). The minimum absolute atomic E-state index is 0.0711. The number of anilines is 3. The number of nitrogens with one attached hydrogen (secondary N) is 1. The molecule has 1 N–H and O–H groups in total. The molecule has 0 bridgehead atoms. The monoisotopic (exact) mass is 545 g/mol. The van der Waals surface area contributed by atoms with Gasteiger partial charge >= 0.3 is 0 Å². The summed E-state index contributed by atoms with van der Waals surface area (Å²) in [5, 5.41) is 2.71. The number of hydrogen-bond acceptors (Lipinski definition) is 9. The lowest BCUT2D eigenvalue weighted by Crippen LogP contribution is -2.38. The van der Waals surface area contributed by atoms with Gasteiger partial charge in [-0.15, -0.1) is 0 Å². The van der Waals surface area contributed by atoms with Crippen LogP contribution in [0.5, 0.6) is 0 Å². The molecule has 0 spiro atoms. The maximum Gasteiger partial charge on any atom is 0.226 e. The van der Waals surface area contributed by atoms with Gasteiger partial charge in [-0.25, -0.2) is 37.1 Å². The van der Waals surface area contributed by atoms with Crippen LogP contribution in [0.25, 0.3) is 11.0 Å². The summed E-state index contributed by atoms with van der Waals surface area (Å²) in [6, 6.07) is 2.22. The predicted molar refractivity (Wildman–Crippen MR) is 143 cm³/mol. The van der Waals surface area contributed by atoms with Gasteiger partial charge in [-0.1, -0.05) is 13.0 Å². The van der Waals surface area contributed by atoms with Crippen molar-refractivity contribution < 1.29 is 17.2 Å². The summed E-state index contributed by atoms with van der Waals surface area (Å²) in [5.74, 6) is -1.11. The van der Waals surface area contributed by atoms with Crippen LogP contribution in [0.1, 0.15) is 44.6 Å². The van der Waals surface area contributed by atoms with Crippen molar-refractivity contribution in [2.45, 2.75) is 44.8 Å². The van der Waals surface area contributed by atoms with Gasteiger partial charge < -0.3 is 15.1 Å². The van der Waals surface area contributed by atoms with Crippen LogP contribution in [0.4, 0.5) is 26.2 Å². The zero-order chi connectivity index (χ0) is 26.7. The Morgan fingerprint density at radius 3 is 2.55 bits per heavy atom. The zero-order valence-corrected chi connectivity index (χ0v) is 22.4. The number of likely N-dealkylation sites (tertiary alicyclic amines) is 1. The highest BCUT2D eigenvalue weighted by atomic mass is 32.2. The predicted octanol–water partition coefficient (Wildman–Crippen LogP) is 4.08. The van der Waals surface area contributed by atoms with E-state index in [1.165, 1.54) is 32.3 Å². The number of hydrogen-bond donors (Lipinski definition) is 1. The van der Waals surface area contributed by atoms with Gasteiger partial charge in [0.25, 0.3) is 0 Å². The van der Waals surface area contributed by atoms with Crippen molar-refractivity contribution in [3.8, 4) is 0 Å². The average molecular weight is 546 g/mol. The second kappa shape index (κ2) is 11.4. The lowest BCUT2D eigenvalue weighted by Gasteiger charge is -2.33. The molecule has 204 valence electrons. The van der Waals surface area contributed by atoms with Crippen LogP contribution >= 0.6 is 0 Å². The Kier molecular flexibility index (Phi) is 7.98. The molecule has 9 nitrogen and oxygen atoms in total. The van der Waals surface area contributed by atoms with Gasteiger partial charge in [0.05, 0.1) is 17.7 Å². The van der Waals surface area contributed by atoms with Crippen LogP contribution < -0.4 is 10.2 Å². The molecule has 0 atom stereocenters. The molecule has 2 aromatic heterocycles. The number of aromatic nitrogens is 4. The normalized spacial score (nSPS) is 17.4. The van der Waals surface area contributed by atoms with E-state index in [-0.39, 0.29) is 17.1 Å². The Morgan fingerprint density at radius 2 is 1.82 bits per heavy atom. The maximum absolute atomic E-state index is 15.3. The first-order valence-corrected chi connectivity index (χ1v) is 15.0. The second-order valence-electron chi connectivity index (χ2n) is 10.2. The summed E-state index contributed by atoms with van der Waals surface area (Å²) in [4.78, 5) is 22.2. The fourth-order valence-electron chi connectivity index (χ4n) is 5.29. The van der Waals surface area contributed by atoms with E-state index in [2.05, 4.69) is 35.1 Å². The summed E-state index contributed by atoms with van der Waals surface area (Å²) in [5.41, 5.74) is 0.182. The molecule has 2 aliphatic heterocycles. The van der Waals surface area contributed by atoms with E-state index in [1.54, 1.807) is 13.1 Å². The SMILES string of the molecule is CCCS(=O)(=O)Cc1ccc(F)c(Nc2ncnc3cnc(N4CCC(CN5CCCC5)CC4)nc23)c1F. The number of rotatable bonds is 9. The molecule has 5 rings (SSSR count). The molecule has 0 saturated carbocycles. The van der Waals surface area contributed by atoms with Crippen LogP contribution in [-0.4, -0.2) is 71.7 Å². The largest absolute Gasteiger partial charge is 0.341 e. The molecule has 1 aromatic carbocycles. The third-order valence-electron chi connectivity index (χ3n) is 7.28. The summed E-state index contributed by atoms with van der Waals surface area (Å²) >= 11 is 0. The molecule has 2 saturated heterocycles. The minimum Gasteiger partial charge on any atom is -0.341 e. The summed E-state index contributed by atoms with van der Waals surface area (Å²) < 4.78 is 54.5. The fourth-order valence-corrected chi connectivity index (χ4v) is 6.76. The molecule has 3 aromatic rings. The van der Waals surface area contributed by atoms with Crippen molar-refractivity contribution >= 4 is 38.3 Å². The third-order valence-corrected chi connectivity index (χ3v) is 9.06. The molecular weight excluding hydrogens is 512 g/mol. The van der Waals surface area contributed by atoms with Gasteiger partial charge in [0, 0.05) is 25.2 Å². The Bertz CT molecular complexity index is 1390. The van der Waals surface area contributed by atoms with Crippen LogP contribution in [0.15, 0.2) is 24.7 Å². The molecule has 0 amide bonds. The molecule has 0 unspecified atom stereocenters. The van der Waals surface area contributed by atoms with Crippen LogP contribution in [0.3, 0.4) is 0 Å². The molecule has 2 fully saturated rings. The Balaban J connectivity index is 1.36. The van der Waals surface area contributed by atoms with Crippen molar-refractivity contribution in [3.63, 3.8) is 0 Å². The van der Waals surface area contributed by atoms with Crippen LogP contribution in [-0.2, 0) is 15.6 Å². The quantitative estimate of drug-likeness (QED) is 0.426. The fraction of sp³-hybridized carbons (Fsp3) is 0.538. The van der Waals surface area contributed by atoms with Crippen LogP contribution in [0, 0.1) is 17.6 Å². The summed E-state index contributed by atoms with van der Waals surface area (Å²) in [7, 11) is -3.52. The number of halogens is 2. The Labute approximate surface area is 221 Å². The Morgan fingerprint density at radius 1 is 1.05 bits per heavy atom. The van der Waals surface area contributed by atoms with E-state index < -0.39 is 32.9 Å². The van der Waals surface area contributed by atoms with E-state index in [9.17, 15) is 12.8 Å². The number of benzene rings is 1. The van der Waals surface area contributed by atoms with Gasteiger partial charge in [0.15, 0.2) is 21.5 Å². The number of nitrogens with zero attached hydrogens (tertiary/aromatic N) is 6. The van der Waals surface area contributed by atoms with E-state index in [1.807, 2.05) is 0 Å². The molecule has 38 heavy (non-hydrogen) atoms. The van der Waals surface area contributed by atoms with Crippen molar-refractivity contribution in [1.82, 2.24) is 24.8 Å². The second-order valence-corrected chi connectivity index (χ2v) is 12.4. The first kappa shape index (κ1) is 26.6. The van der Waals surface area contributed by atoms with Crippen LogP contribution in [0.2, 0.25) is 0 Å². The molecular formula is C26H33F2N7O2S. The number of piperidine rings is 1. The zero-order valence-electron chi connectivity index (χ0n) is 21.5. The number of fused-ring (bicyclic) bond motifs is 1. The van der Waals surface area contributed by atoms with Gasteiger partial charge in [-0.3, -0.25) is 0 Å². The van der Waals surface area contributed by atoms with Gasteiger partial charge in [0.2, 0.25) is 5.95 Å². The first-order chi connectivity index (χ1) is 18.3. The summed E-state index contributed by atoms with van der Waals surface area (Å²) in [6.07, 6.45) is 7.96. The van der Waals surface area contributed by atoms with E-state index in [4.69, 9.17) is 0 Å². The van der Waals surface area contributed by atoms with E-state index in [0.717, 1.165) is 44.6 Å². The maximum atomic E-state index is 15.3. The smallest absolute Gasteiger partial charge is 0.226 e. The van der Waals surface area contributed by atoms with Gasteiger partial charge in [0.1, 0.15) is 28.9 Å². The third kappa shape index (κ3) is 6.01. The molecule has 2 aliphatic rings. The molecule has 0 radical (unpaired) electrons. The Hall–Kier alpha value is -2.99. The van der Waals surface area contributed by atoms with E-state index in [0.29, 0.717) is 29.3 Å². The van der Waals surface area contributed by atoms with Crippen molar-refractivity contribution in [2.75, 3.05) is 48.7 Å². The molecule has 4 heterocycles. The van der Waals surface area contributed by atoms with Crippen molar-refractivity contribution in [2.24, 2.45) is 5.92 Å². The van der Waals surface area contributed by atoms with Gasteiger partial charge in [-0.2, -0.15) is 0 Å². The average Bonchev–Trinajstić information content (AvgIpc) is 3.41.